The second kappa shape index (κ2) is 9.00. The van der Waals surface area contributed by atoms with Crippen molar-refractivity contribution in [2.24, 2.45) is 0 Å². The summed E-state index contributed by atoms with van der Waals surface area (Å²) in [6.07, 6.45) is 2.96. The van der Waals surface area contributed by atoms with Gasteiger partial charge in [0.2, 0.25) is 11.8 Å². The zero-order valence-electron chi connectivity index (χ0n) is 15.8. The van der Waals surface area contributed by atoms with E-state index < -0.39 is 0 Å². The van der Waals surface area contributed by atoms with Gasteiger partial charge in [0.1, 0.15) is 18.3 Å². The molecule has 1 saturated heterocycles. The third kappa shape index (κ3) is 5.07. The molecule has 7 nitrogen and oxygen atoms in total. The Bertz CT molecular complexity index is 880. The largest absolute Gasteiger partial charge is 0.355 e. The Hall–Kier alpha value is -3.40. The summed E-state index contributed by atoms with van der Waals surface area (Å²) in [4.78, 5) is 30.6. The second-order valence-electron chi connectivity index (χ2n) is 6.91. The smallest absolute Gasteiger partial charge is 0.233 e. The molecule has 144 valence electrons. The van der Waals surface area contributed by atoms with Crippen LogP contribution >= 0.6 is 0 Å². The molecule has 0 radical (unpaired) electrons. The number of hydrogen-bond donors (Lipinski definition) is 2. The van der Waals surface area contributed by atoms with Gasteiger partial charge in [0.15, 0.2) is 0 Å². The SMILES string of the molecule is Cc1ccc(NC(=O)CC(=O)NC2CCN(c3ncccc3C#N)CC2)cc1. The summed E-state index contributed by atoms with van der Waals surface area (Å²) in [6.45, 7) is 3.37. The molecule has 2 heterocycles. The molecular weight excluding hydrogens is 354 g/mol. The van der Waals surface area contributed by atoms with Crippen LogP contribution in [0.2, 0.25) is 0 Å². The van der Waals surface area contributed by atoms with Crippen LogP contribution in [0.4, 0.5) is 11.5 Å². The maximum absolute atomic E-state index is 12.2. The van der Waals surface area contributed by atoms with Crippen LogP contribution in [0.15, 0.2) is 42.6 Å². The molecule has 1 aromatic heterocycles. The first-order valence-electron chi connectivity index (χ1n) is 9.31. The van der Waals surface area contributed by atoms with Crippen LogP contribution in [0.5, 0.6) is 0 Å². The lowest BCUT2D eigenvalue weighted by Gasteiger charge is -2.33. The lowest BCUT2D eigenvalue weighted by molar-refractivity contribution is -0.127. The zero-order chi connectivity index (χ0) is 19.9. The Morgan fingerprint density at radius 2 is 1.89 bits per heavy atom. The molecule has 1 aromatic carbocycles. The number of benzene rings is 1. The Balaban J connectivity index is 1.45. The summed E-state index contributed by atoms with van der Waals surface area (Å²) in [5.41, 5.74) is 2.34. The lowest BCUT2D eigenvalue weighted by Crippen LogP contribution is -2.45. The van der Waals surface area contributed by atoms with Gasteiger partial charge in [-0.25, -0.2) is 4.98 Å². The van der Waals surface area contributed by atoms with E-state index in [2.05, 4.69) is 26.6 Å². The molecule has 0 saturated carbocycles. The number of carbonyl (C=O) groups is 2. The third-order valence-electron chi connectivity index (χ3n) is 4.72. The van der Waals surface area contributed by atoms with Crippen molar-refractivity contribution < 1.29 is 9.59 Å². The molecule has 28 heavy (non-hydrogen) atoms. The quantitative estimate of drug-likeness (QED) is 0.780. The molecule has 2 aromatic rings. The Morgan fingerprint density at radius 3 is 2.57 bits per heavy atom. The van der Waals surface area contributed by atoms with Crippen molar-refractivity contribution >= 4 is 23.3 Å². The number of nitrogens with one attached hydrogen (secondary N) is 2. The van der Waals surface area contributed by atoms with Crippen molar-refractivity contribution in [1.29, 1.82) is 5.26 Å². The number of aromatic nitrogens is 1. The zero-order valence-corrected chi connectivity index (χ0v) is 15.8. The fourth-order valence-corrected chi connectivity index (χ4v) is 3.24. The van der Waals surface area contributed by atoms with Gasteiger partial charge >= 0.3 is 0 Å². The van der Waals surface area contributed by atoms with Gasteiger partial charge in [0.25, 0.3) is 0 Å². The molecule has 0 aliphatic carbocycles. The van der Waals surface area contributed by atoms with Crippen LogP contribution in [0.25, 0.3) is 0 Å². The van der Waals surface area contributed by atoms with Crippen molar-refractivity contribution in [2.45, 2.75) is 32.2 Å². The van der Waals surface area contributed by atoms with Crippen molar-refractivity contribution in [1.82, 2.24) is 10.3 Å². The van der Waals surface area contributed by atoms with Gasteiger partial charge < -0.3 is 15.5 Å². The van der Waals surface area contributed by atoms with Crippen molar-refractivity contribution in [2.75, 3.05) is 23.3 Å². The molecule has 2 amide bonds. The number of hydrogen-bond acceptors (Lipinski definition) is 5. The highest BCUT2D eigenvalue weighted by Crippen LogP contribution is 2.21. The molecule has 3 rings (SSSR count). The van der Waals surface area contributed by atoms with Gasteiger partial charge in [-0.15, -0.1) is 0 Å². The van der Waals surface area contributed by atoms with E-state index in [-0.39, 0.29) is 24.3 Å². The van der Waals surface area contributed by atoms with E-state index in [1.807, 2.05) is 31.2 Å². The summed E-state index contributed by atoms with van der Waals surface area (Å²) in [5.74, 6) is 0.0804. The summed E-state index contributed by atoms with van der Waals surface area (Å²) in [5, 5.41) is 14.9. The Labute approximate surface area is 164 Å². The lowest BCUT2D eigenvalue weighted by atomic mass is 10.0. The van der Waals surface area contributed by atoms with E-state index in [9.17, 15) is 14.9 Å². The van der Waals surface area contributed by atoms with Crippen LogP contribution in [0, 0.1) is 18.3 Å². The Kier molecular flexibility index (Phi) is 6.22. The maximum atomic E-state index is 12.2. The number of rotatable bonds is 5. The molecule has 0 atom stereocenters. The molecule has 0 spiro atoms. The van der Waals surface area contributed by atoms with E-state index >= 15 is 0 Å². The number of pyridine rings is 1. The highest BCUT2D eigenvalue weighted by molar-refractivity contribution is 6.03. The molecule has 0 unspecified atom stereocenters. The summed E-state index contributed by atoms with van der Waals surface area (Å²) >= 11 is 0. The van der Waals surface area contributed by atoms with Gasteiger partial charge in [0.05, 0.1) is 5.56 Å². The average molecular weight is 377 g/mol. The van der Waals surface area contributed by atoms with Gasteiger partial charge in [-0.2, -0.15) is 5.26 Å². The first kappa shape index (κ1) is 19.4. The average Bonchev–Trinajstić information content (AvgIpc) is 2.70. The van der Waals surface area contributed by atoms with Crippen LogP contribution in [-0.4, -0.2) is 35.9 Å². The molecule has 1 fully saturated rings. The van der Waals surface area contributed by atoms with E-state index in [1.165, 1.54) is 0 Å². The van der Waals surface area contributed by atoms with E-state index in [4.69, 9.17) is 0 Å². The van der Waals surface area contributed by atoms with Crippen molar-refractivity contribution in [3.8, 4) is 6.07 Å². The molecule has 1 aliphatic rings. The minimum atomic E-state index is -0.328. The van der Waals surface area contributed by atoms with Gasteiger partial charge in [-0.05, 0) is 44.0 Å². The number of anilines is 2. The predicted octanol–water partition coefficient (Wildman–Crippen LogP) is 2.38. The second-order valence-corrected chi connectivity index (χ2v) is 6.91. The van der Waals surface area contributed by atoms with Crippen LogP contribution in [-0.2, 0) is 9.59 Å². The number of piperidine rings is 1. The monoisotopic (exact) mass is 377 g/mol. The highest BCUT2D eigenvalue weighted by Gasteiger charge is 2.23. The summed E-state index contributed by atoms with van der Waals surface area (Å²) < 4.78 is 0. The highest BCUT2D eigenvalue weighted by atomic mass is 16.2. The first-order valence-corrected chi connectivity index (χ1v) is 9.31. The van der Waals surface area contributed by atoms with Gasteiger partial charge in [-0.3, -0.25) is 9.59 Å². The maximum Gasteiger partial charge on any atom is 0.233 e. The number of nitriles is 1. The summed E-state index contributed by atoms with van der Waals surface area (Å²) in [7, 11) is 0. The fraction of sp³-hybridized carbons (Fsp3) is 0.333. The third-order valence-corrected chi connectivity index (χ3v) is 4.72. The minimum absolute atomic E-state index is 0.0187. The molecule has 7 heteroatoms. The van der Waals surface area contributed by atoms with Gasteiger partial charge in [0, 0.05) is 31.0 Å². The standard InChI is InChI=1S/C21H23N5O2/c1-15-4-6-17(7-5-15)24-19(27)13-20(28)25-18-8-11-26(12-9-18)21-16(14-22)3-2-10-23-21/h2-7,10,18H,8-9,11-13H2,1H3,(H,24,27)(H,25,28). The van der Waals surface area contributed by atoms with Crippen LogP contribution in [0.3, 0.4) is 0 Å². The number of amides is 2. The molecule has 1 aliphatic heterocycles. The topological polar surface area (TPSA) is 98.1 Å². The van der Waals surface area contributed by atoms with E-state index in [1.54, 1.807) is 18.3 Å². The first-order chi connectivity index (χ1) is 13.5. The molecule has 2 N–H and O–H groups in total. The van der Waals surface area contributed by atoms with Crippen LogP contribution < -0.4 is 15.5 Å². The van der Waals surface area contributed by atoms with E-state index in [0.29, 0.717) is 30.2 Å². The van der Waals surface area contributed by atoms with Crippen molar-refractivity contribution in [3.05, 3.63) is 53.7 Å². The summed E-state index contributed by atoms with van der Waals surface area (Å²) in [6, 6.07) is 13.1. The molecule has 0 bridgehead atoms. The normalized spacial score (nSPS) is 14.2. The van der Waals surface area contributed by atoms with Crippen molar-refractivity contribution in [3.63, 3.8) is 0 Å². The fourth-order valence-electron chi connectivity index (χ4n) is 3.24. The number of carbonyl (C=O) groups excluding carboxylic acids is 2. The molecular formula is C21H23N5O2. The number of nitrogens with zero attached hydrogens (tertiary/aromatic N) is 3. The Morgan fingerprint density at radius 1 is 1.18 bits per heavy atom. The van der Waals surface area contributed by atoms with E-state index in [0.717, 1.165) is 18.4 Å². The van der Waals surface area contributed by atoms with Gasteiger partial charge in [-0.1, -0.05) is 17.7 Å². The predicted molar refractivity (Wildman–Crippen MR) is 107 cm³/mol. The minimum Gasteiger partial charge on any atom is -0.355 e. The van der Waals surface area contributed by atoms with Crippen LogP contribution in [0.1, 0.15) is 30.4 Å². The number of aryl methyl sites for hydroxylation is 1.